The van der Waals surface area contributed by atoms with Gasteiger partial charge in [0.15, 0.2) is 0 Å². The third kappa shape index (κ3) is 5.02. The van der Waals surface area contributed by atoms with Crippen LogP contribution in [0.15, 0.2) is 12.2 Å². The van der Waals surface area contributed by atoms with Crippen molar-refractivity contribution in [1.82, 2.24) is 0 Å². The Morgan fingerprint density at radius 2 is 1.76 bits per heavy atom. The Morgan fingerprint density at radius 3 is 2.24 bits per heavy atom. The molecule has 0 heterocycles. The van der Waals surface area contributed by atoms with E-state index < -0.39 is 0 Å². The van der Waals surface area contributed by atoms with E-state index >= 15 is 0 Å². The summed E-state index contributed by atoms with van der Waals surface area (Å²) in [4.78, 5) is 22.0. The minimum Gasteiger partial charge on any atom is -0.466 e. The van der Waals surface area contributed by atoms with Crippen LogP contribution in [-0.2, 0) is 19.1 Å². The van der Waals surface area contributed by atoms with Crippen LogP contribution in [-0.4, -0.2) is 24.6 Å². The zero-order valence-electron chi connectivity index (χ0n) is 10.5. The summed E-state index contributed by atoms with van der Waals surface area (Å²) < 4.78 is 10.3. The van der Waals surface area contributed by atoms with Crippen LogP contribution in [0.3, 0.4) is 0 Å². The molecule has 0 aromatic carbocycles. The first kappa shape index (κ1) is 13.7. The molecule has 0 N–H and O–H groups in total. The van der Waals surface area contributed by atoms with Crippen LogP contribution in [0.1, 0.15) is 39.5 Å². The van der Waals surface area contributed by atoms with Crippen LogP contribution in [0.25, 0.3) is 0 Å². The lowest BCUT2D eigenvalue weighted by molar-refractivity contribution is -0.146. The van der Waals surface area contributed by atoms with Gasteiger partial charge in [0, 0.05) is 12.5 Å². The number of carbonyl (C=O) groups excluding carboxylic acids is 2. The molecule has 0 spiro atoms. The van der Waals surface area contributed by atoms with Crippen LogP contribution in [0, 0.1) is 5.92 Å². The predicted molar refractivity (Wildman–Crippen MR) is 63.3 cm³/mol. The van der Waals surface area contributed by atoms with E-state index in [0.717, 1.165) is 25.7 Å². The molecule has 0 atom stereocenters. The molecule has 17 heavy (non-hydrogen) atoms. The van der Waals surface area contributed by atoms with Crippen LogP contribution in [0.5, 0.6) is 0 Å². The summed E-state index contributed by atoms with van der Waals surface area (Å²) in [5.41, 5.74) is 0.437. The molecule has 1 saturated carbocycles. The predicted octanol–water partition coefficient (Wildman–Crippen LogP) is 2.23. The standard InChI is InChI=1S/C13H20O4/c1-9(2)13(15)17-12-6-4-11(5-7-12)8-16-10(3)14/h11-12H,1,4-8H2,2-3H3. The third-order valence-electron chi connectivity index (χ3n) is 2.94. The second kappa shape index (κ2) is 6.42. The van der Waals surface area contributed by atoms with Gasteiger partial charge in [-0.1, -0.05) is 6.58 Å². The summed E-state index contributed by atoms with van der Waals surface area (Å²) in [6, 6.07) is 0. The molecule has 1 fully saturated rings. The molecule has 0 unspecified atom stereocenters. The summed E-state index contributed by atoms with van der Waals surface area (Å²) >= 11 is 0. The first-order valence-electron chi connectivity index (χ1n) is 5.99. The number of ether oxygens (including phenoxy) is 2. The summed E-state index contributed by atoms with van der Waals surface area (Å²) in [7, 11) is 0. The second-order valence-electron chi connectivity index (χ2n) is 4.63. The van der Waals surface area contributed by atoms with Gasteiger partial charge in [-0.25, -0.2) is 4.79 Å². The molecule has 0 aliphatic heterocycles. The number of hydrogen-bond acceptors (Lipinski definition) is 4. The number of hydrogen-bond donors (Lipinski definition) is 0. The molecule has 1 rings (SSSR count). The van der Waals surface area contributed by atoms with Crippen molar-refractivity contribution < 1.29 is 19.1 Å². The second-order valence-corrected chi connectivity index (χ2v) is 4.63. The fraction of sp³-hybridized carbons (Fsp3) is 0.692. The smallest absolute Gasteiger partial charge is 0.333 e. The molecule has 96 valence electrons. The van der Waals surface area contributed by atoms with E-state index in [1.54, 1.807) is 6.92 Å². The molecule has 0 aromatic rings. The molecule has 0 saturated heterocycles. The first-order chi connectivity index (χ1) is 7.99. The Balaban J connectivity index is 2.24. The maximum Gasteiger partial charge on any atom is 0.333 e. The van der Waals surface area contributed by atoms with Gasteiger partial charge in [0.1, 0.15) is 6.10 Å². The van der Waals surface area contributed by atoms with Crippen molar-refractivity contribution in [2.75, 3.05) is 6.61 Å². The van der Waals surface area contributed by atoms with Gasteiger partial charge in [-0.3, -0.25) is 4.79 Å². The lowest BCUT2D eigenvalue weighted by Crippen LogP contribution is -2.26. The minimum atomic E-state index is -0.312. The van der Waals surface area contributed by atoms with E-state index in [1.807, 2.05) is 0 Å². The Hall–Kier alpha value is -1.32. The molecule has 1 aliphatic rings. The Bertz CT molecular complexity index is 301. The number of esters is 2. The van der Waals surface area contributed by atoms with Gasteiger partial charge in [-0.2, -0.15) is 0 Å². The summed E-state index contributed by atoms with van der Waals surface area (Å²) in [5, 5.41) is 0. The Kier molecular flexibility index (Phi) is 5.19. The van der Waals surface area contributed by atoms with E-state index in [1.165, 1.54) is 6.92 Å². The molecule has 1 aliphatic carbocycles. The van der Waals surface area contributed by atoms with E-state index in [4.69, 9.17) is 9.47 Å². The van der Waals surface area contributed by atoms with Crippen molar-refractivity contribution in [3.8, 4) is 0 Å². The summed E-state index contributed by atoms with van der Waals surface area (Å²) in [6.07, 6.45) is 3.53. The molecular weight excluding hydrogens is 220 g/mol. The van der Waals surface area contributed by atoms with Crippen LogP contribution >= 0.6 is 0 Å². The normalized spacial score (nSPS) is 23.9. The quantitative estimate of drug-likeness (QED) is 0.558. The van der Waals surface area contributed by atoms with Crippen molar-refractivity contribution >= 4 is 11.9 Å². The van der Waals surface area contributed by atoms with Crippen molar-refractivity contribution in [2.24, 2.45) is 5.92 Å². The number of rotatable bonds is 4. The highest BCUT2D eigenvalue weighted by molar-refractivity contribution is 5.87. The highest BCUT2D eigenvalue weighted by Gasteiger charge is 2.24. The monoisotopic (exact) mass is 240 g/mol. The average Bonchev–Trinajstić information content (AvgIpc) is 2.28. The largest absolute Gasteiger partial charge is 0.466 e. The van der Waals surface area contributed by atoms with E-state index in [9.17, 15) is 9.59 Å². The maximum absolute atomic E-state index is 11.3. The van der Waals surface area contributed by atoms with E-state index in [2.05, 4.69) is 6.58 Å². The van der Waals surface area contributed by atoms with E-state index in [-0.39, 0.29) is 18.0 Å². The van der Waals surface area contributed by atoms with E-state index in [0.29, 0.717) is 18.1 Å². The minimum absolute atomic E-state index is 0.00669. The fourth-order valence-corrected chi connectivity index (χ4v) is 1.90. The SMILES string of the molecule is C=C(C)C(=O)OC1CCC(COC(C)=O)CC1. The van der Waals surface area contributed by atoms with Crippen LogP contribution in [0.2, 0.25) is 0 Å². The fourth-order valence-electron chi connectivity index (χ4n) is 1.90. The van der Waals surface area contributed by atoms with Gasteiger partial charge in [0.25, 0.3) is 0 Å². The van der Waals surface area contributed by atoms with Gasteiger partial charge in [-0.15, -0.1) is 0 Å². The lowest BCUT2D eigenvalue weighted by Gasteiger charge is -2.27. The zero-order chi connectivity index (χ0) is 12.8. The van der Waals surface area contributed by atoms with Gasteiger partial charge < -0.3 is 9.47 Å². The van der Waals surface area contributed by atoms with Crippen molar-refractivity contribution in [1.29, 1.82) is 0 Å². The van der Waals surface area contributed by atoms with Gasteiger partial charge >= 0.3 is 11.9 Å². The molecule has 0 radical (unpaired) electrons. The zero-order valence-corrected chi connectivity index (χ0v) is 10.5. The molecular formula is C13H20O4. The molecule has 4 nitrogen and oxygen atoms in total. The topological polar surface area (TPSA) is 52.6 Å². The highest BCUT2D eigenvalue weighted by atomic mass is 16.5. The highest BCUT2D eigenvalue weighted by Crippen LogP contribution is 2.26. The van der Waals surface area contributed by atoms with Crippen LogP contribution in [0.4, 0.5) is 0 Å². The molecule has 0 amide bonds. The molecule has 4 heteroatoms. The molecule has 0 bridgehead atoms. The van der Waals surface area contributed by atoms with Gasteiger partial charge in [0.05, 0.1) is 6.61 Å². The van der Waals surface area contributed by atoms with Crippen molar-refractivity contribution in [2.45, 2.75) is 45.6 Å². The Morgan fingerprint density at radius 1 is 1.18 bits per heavy atom. The van der Waals surface area contributed by atoms with Crippen molar-refractivity contribution in [3.63, 3.8) is 0 Å². The summed E-state index contributed by atoms with van der Waals surface area (Å²) in [6.45, 7) is 7.10. The van der Waals surface area contributed by atoms with Crippen molar-refractivity contribution in [3.05, 3.63) is 12.2 Å². The Labute approximate surface area is 102 Å². The first-order valence-corrected chi connectivity index (χ1v) is 5.99. The molecule has 0 aromatic heterocycles. The van der Waals surface area contributed by atoms with Crippen LogP contribution < -0.4 is 0 Å². The van der Waals surface area contributed by atoms with Gasteiger partial charge in [0.2, 0.25) is 0 Å². The lowest BCUT2D eigenvalue weighted by atomic mass is 9.88. The maximum atomic E-state index is 11.3. The third-order valence-corrected chi connectivity index (χ3v) is 2.94. The average molecular weight is 240 g/mol. The summed E-state index contributed by atoms with van der Waals surface area (Å²) in [5.74, 6) is -0.145. The van der Waals surface area contributed by atoms with Gasteiger partial charge in [-0.05, 0) is 38.5 Å². The number of carbonyl (C=O) groups is 2.